The molecule has 1 atom stereocenters. The molecule has 2 aromatic heterocycles. The first-order chi connectivity index (χ1) is 11.4. The van der Waals surface area contributed by atoms with Gasteiger partial charge in [0.25, 0.3) is 0 Å². The fraction of sp³-hybridized carbons (Fsp3) is 0.500. The maximum absolute atomic E-state index is 12.6. The normalized spacial score (nSPS) is 19.5. The molecule has 0 bridgehead atoms. The Kier molecular flexibility index (Phi) is 4.78. The molecule has 2 aromatic rings. The number of thiophene rings is 1. The second kappa shape index (κ2) is 6.68. The van der Waals surface area contributed by atoms with Gasteiger partial charge in [0, 0.05) is 12.6 Å². The highest BCUT2D eigenvalue weighted by Crippen LogP contribution is 2.26. The van der Waals surface area contributed by atoms with Crippen LogP contribution in [0.3, 0.4) is 0 Å². The van der Waals surface area contributed by atoms with E-state index in [0.29, 0.717) is 30.3 Å². The van der Waals surface area contributed by atoms with Gasteiger partial charge in [-0.05, 0) is 31.7 Å². The third-order valence-corrected chi connectivity index (χ3v) is 6.86. The van der Waals surface area contributed by atoms with Crippen molar-refractivity contribution in [3.63, 3.8) is 0 Å². The third kappa shape index (κ3) is 3.54. The average molecular weight is 368 g/mol. The Morgan fingerprint density at radius 1 is 1.50 bits per heavy atom. The van der Waals surface area contributed by atoms with E-state index in [9.17, 15) is 13.2 Å². The van der Waals surface area contributed by atoms with Crippen molar-refractivity contribution in [2.75, 3.05) is 18.1 Å². The van der Waals surface area contributed by atoms with Crippen LogP contribution in [-0.4, -0.2) is 48.3 Å². The number of oxazole rings is 1. The number of hydrogen-bond acceptors (Lipinski definition) is 6. The number of carbonyl (C=O) groups is 1. The lowest BCUT2D eigenvalue weighted by Gasteiger charge is -2.26. The molecular formula is C16H20N2O4S2. The summed E-state index contributed by atoms with van der Waals surface area (Å²) in [5.74, 6) is 1.27. The minimum Gasteiger partial charge on any atom is -0.440 e. The molecular weight excluding hydrogens is 348 g/mol. The van der Waals surface area contributed by atoms with E-state index in [0.717, 1.165) is 4.88 Å². The van der Waals surface area contributed by atoms with E-state index >= 15 is 0 Å². The second-order valence-corrected chi connectivity index (χ2v) is 9.09. The average Bonchev–Trinajstić information content (AvgIpc) is 3.22. The summed E-state index contributed by atoms with van der Waals surface area (Å²) in [5, 5.41) is 1.94. The molecule has 1 saturated heterocycles. The molecule has 0 aromatic carbocycles. The number of hydrogen-bond donors (Lipinski definition) is 0. The summed E-state index contributed by atoms with van der Waals surface area (Å²) in [6.07, 6.45) is 0.644. The monoisotopic (exact) mass is 368 g/mol. The molecule has 0 spiro atoms. The van der Waals surface area contributed by atoms with Crippen LogP contribution in [0.1, 0.15) is 24.8 Å². The molecule has 3 rings (SSSR count). The van der Waals surface area contributed by atoms with Crippen molar-refractivity contribution in [3.8, 4) is 10.8 Å². The smallest absolute Gasteiger partial charge is 0.236 e. The molecule has 0 radical (unpaired) electrons. The third-order valence-electron chi connectivity index (χ3n) is 4.25. The highest BCUT2D eigenvalue weighted by Gasteiger charge is 2.34. The van der Waals surface area contributed by atoms with E-state index in [-0.39, 0.29) is 29.9 Å². The Labute approximate surface area is 145 Å². The van der Waals surface area contributed by atoms with Gasteiger partial charge in [-0.25, -0.2) is 13.4 Å². The van der Waals surface area contributed by atoms with Gasteiger partial charge in [-0.15, -0.1) is 11.3 Å². The van der Waals surface area contributed by atoms with Gasteiger partial charge in [-0.2, -0.15) is 0 Å². The molecule has 8 heteroatoms. The largest absolute Gasteiger partial charge is 0.440 e. The Balaban J connectivity index is 1.74. The van der Waals surface area contributed by atoms with E-state index in [2.05, 4.69) is 4.98 Å². The predicted molar refractivity (Wildman–Crippen MR) is 92.7 cm³/mol. The first-order valence-corrected chi connectivity index (χ1v) is 10.6. The maximum atomic E-state index is 12.6. The summed E-state index contributed by atoms with van der Waals surface area (Å²) in [5.41, 5.74) is 0.614. The van der Waals surface area contributed by atoms with Crippen LogP contribution in [0, 0.1) is 6.92 Å². The van der Waals surface area contributed by atoms with Crippen molar-refractivity contribution >= 4 is 27.1 Å². The number of aromatic nitrogens is 1. The lowest BCUT2D eigenvalue weighted by Crippen LogP contribution is -2.41. The highest BCUT2D eigenvalue weighted by atomic mass is 32.2. The summed E-state index contributed by atoms with van der Waals surface area (Å²) < 4.78 is 29.0. The van der Waals surface area contributed by atoms with Gasteiger partial charge in [-0.3, -0.25) is 4.79 Å². The zero-order valence-corrected chi connectivity index (χ0v) is 15.3. The summed E-state index contributed by atoms with van der Waals surface area (Å²) in [6.45, 7) is 4.16. The number of carbonyl (C=O) groups excluding carboxylic acids is 1. The Morgan fingerprint density at radius 3 is 2.88 bits per heavy atom. The van der Waals surface area contributed by atoms with Crippen LogP contribution in [0.25, 0.3) is 10.8 Å². The minimum absolute atomic E-state index is 0.0603. The molecule has 6 nitrogen and oxygen atoms in total. The molecule has 3 heterocycles. The summed E-state index contributed by atoms with van der Waals surface area (Å²) in [7, 11) is -3.02. The topological polar surface area (TPSA) is 80.5 Å². The number of likely N-dealkylation sites (N-methyl/N-ethyl adjacent to an activating group) is 1. The number of nitrogens with zero attached hydrogens (tertiary/aromatic N) is 2. The second-order valence-electron chi connectivity index (χ2n) is 5.91. The zero-order chi connectivity index (χ0) is 17.3. The van der Waals surface area contributed by atoms with Crippen LogP contribution in [0.15, 0.2) is 21.9 Å². The van der Waals surface area contributed by atoms with Crippen molar-refractivity contribution in [2.24, 2.45) is 0 Å². The van der Waals surface area contributed by atoms with Gasteiger partial charge >= 0.3 is 0 Å². The fourth-order valence-electron chi connectivity index (χ4n) is 3.00. The van der Waals surface area contributed by atoms with Crippen LogP contribution in [-0.2, 0) is 21.1 Å². The van der Waals surface area contributed by atoms with E-state index in [1.54, 1.807) is 11.8 Å². The van der Waals surface area contributed by atoms with Gasteiger partial charge in [0.2, 0.25) is 11.8 Å². The lowest BCUT2D eigenvalue weighted by molar-refractivity contribution is -0.132. The molecule has 1 unspecified atom stereocenters. The molecule has 130 valence electrons. The van der Waals surface area contributed by atoms with Crippen molar-refractivity contribution in [1.29, 1.82) is 0 Å². The molecule has 0 N–H and O–H groups in total. The van der Waals surface area contributed by atoms with E-state index in [1.165, 1.54) is 11.3 Å². The van der Waals surface area contributed by atoms with Crippen molar-refractivity contribution in [3.05, 3.63) is 29.0 Å². The van der Waals surface area contributed by atoms with Crippen molar-refractivity contribution in [2.45, 2.75) is 32.7 Å². The number of amides is 1. The molecule has 24 heavy (non-hydrogen) atoms. The minimum atomic E-state index is -3.02. The van der Waals surface area contributed by atoms with E-state index < -0.39 is 9.84 Å². The molecule has 1 aliphatic heterocycles. The van der Waals surface area contributed by atoms with Crippen molar-refractivity contribution in [1.82, 2.24) is 9.88 Å². The Hall–Kier alpha value is -1.67. The van der Waals surface area contributed by atoms with E-state index in [4.69, 9.17) is 4.42 Å². The van der Waals surface area contributed by atoms with Gasteiger partial charge in [0.1, 0.15) is 5.76 Å². The number of sulfone groups is 1. The standard InChI is InChI=1S/C16H20N2O4S2/c1-3-18(12-6-8-24(20,21)10-12)15(19)9-13-11(2)22-16(17-13)14-5-4-7-23-14/h4-5,7,12H,3,6,8-10H2,1-2H3. The maximum Gasteiger partial charge on any atom is 0.236 e. The fourth-order valence-corrected chi connectivity index (χ4v) is 5.38. The first kappa shape index (κ1) is 17.2. The highest BCUT2D eigenvalue weighted by molar-refractivity contribution is 7.91. The summed E-state index contributed by atoms with van der Waals surface area (Å²) in [4.78, 5) is 19.7. The SMILES string of the molecule is CCN(C(=O)Cc1nc(-c2cccs2)oc1C)C1CCS(=O)(=O)C1. The molecule has 1 amide bonds. The van der Waals surface area contributed by atoms with Crippen LogP contribution in [0.4, 0.5) is 0 Å². The van der Waals surface area contributed by atoms with E-state index in [1.807, 2.05) is 24.4 Å². The van der Waals surface area contributed by atoms with Gasteiger partial charge < -0.3 is 9.32 Å². The van der Waals surface area contributed by atoms with Gasteiger partial charge in [0.15, 0.2) is 9.84 Å². The Bertz CT molecular complexity index is 824. The quantitative estimate of drug-likeness (QED) is 0.809. The van der Waals surface area contributed by atoms with Gasteiger partial charge in [0.05, 0.1) is 28.5 Å². The van der Waals surface area contributed by atoms with Crippen molar-refractivity contribution < 1.29 is 17.6 Å². The van der Waals surface area contributed by atoms with Crippen LogP contribution in [0.5, 0.6) is 0 Å². The summed E-state index contributed by atoms with van der Waals surface area (Å²) in [6, 6.07) is 3.61. The first-order valence-electron chi connectivity index (χ1n) is 7.89. The van der Waals surface area contributed by atoms with Gasteiger partial charge in [-0.1, -0.05) is 6.07 Å². The molecule has 0 aliphatic carbocycles. The summed E-state index contributed by atoms with van der Waals surface area (Å²) >= 11 is 1.53. The lowest BCUT2D eigenvalue weighted by atomic mass is 10.2. The van der Waals surface area contributed by atoms with Crippen LogP contribution < -0.4 is 0 Å². The predicted octanol–water partition coefficient (Wildman–Crippen LogP) is 2.29. The number of rotatable bonds is 5. The van der Waals surface area contributed by atoms with Crippen LogP contribution in [0.2, 0.25) is 0 Å². The number of aryl methyl sites for hydroxylation is 1. The zero-order valence-electron chi connectivity index (χ0n) is 13.7. The molecule has 1 fully saturated rings. The molecule has 0 saturated carbocycles. The molecule has 1 aliphatic rings. The van der Waals surface area contributed by atoms with Crippen LogP contribution >= 0.6 is 11.3 Å². The Morgan fingerprint density at radius 2 is 2.29 bits per heavy atom.